The van der Waals surface area contributed by atoms with Gasteiger partial charge in [-0.3, -0.25) is 4.79 Å². The van der Waals surface area contributed by atoms with Crippen molar-refractivity contribution in [2.24, 2.45) is 0 Å². The maximum absolute atomic E-state index is 12.1. The first-order chi connectivity index (χ1) is 13.5. The van der Waals surface area contributed by atoms with E-state index in [0.717, 1.165) is 10.0 Å². The van der Waals surface area contributed by atoms with Crippen LogP contribution in [0.1, 0.15) is 38.0 Å². The van der Waals surface area contributed by atoms with Gasteiger partial charge >= 0.3 is 12.1 Å². The van der Waals surface area contributed by atoms with Gasteiger partial charge in [-0.15, -0.1) is 0 Å². The minimum atomic E-state index is -0.889. The smallest absolute Gasteiger partial charge is 0.410 e. The van der Waals surface area contributed by atoms with Crippen molar-refractivity contribution in [3.63, 3.8) is 0 Å². The van der Waals surface area contributed by atoms with Crippen LogP contribution >= 0.6 is 15.9 Å². The van der Waals surface area contributed by atoms with Crippen LogP contribution in [0.25, 0.3) is 0 Å². The minimum Gasteiger partial charge on any atom is -0.444 e. The molecule has 0 aliphatic rings. The second-order valence-electron chi connectivity index (χ2n) is 7.72. The number of halogens is 1. The Morgan fingerprint density at radius 2 is 1.66 bits per heavy atom. The van der Waals surface area contributed by atoms with Crippen molar-refractivity contribution in [3.05, 3.63) is 64.1 Å². The fraction of sp³-hybridized carbons (Fsp3) is 0.364. The van der Waals surface area contributed by atoms with Crippen LogP contribution < -0.4 is 4.74 Å². The number of ether oxygens (including phenoxy) is 2. The van der Waals surface area contributed by atoms with Gasteiger partial charge in [-0.05, 0) is 56.2 Å². The number of aliphatic hydroxyl groups excluding tert-OH is 1. The molecule has 1 unspecified atom stereocenters. The summed E-state index contributed by atoms with van der Waals surface area (Å²) in [6.07, 6.45) is -1.23. The normalized spacial score (nSPS) is 12.2. The van der Waals surface area contributed by atoms with Gasteiger partial charge < -0.3 is 19.5 Å². The van der Waals surface area contributed by atoms with Crippen LogP contribution in [0.3, 0.4) is 0 Å². The van der Waals surface area contributed by atoms with Gasteiger partial charge in [0.1, 0.15) is 11.4 Å². The molecule has 7 heteroatoms. The molecule has 0 saturated carbocycles. The van der Waals surface area contributed by atoms with E-state index in [0.29, 0.717) is 11.3 Å². The lowest BCUT2D eigenvalue weighted by Gasteiger charge is -2.26. The SMILES string of the molecule is CN(CC(O)c1ccc(OC(=O)Cc2ccc(Br)cc2)cc1)C(=O)OC(C)(C)C. The van der Waals surface area contributed by atoms with Gasteiger partial charge in [-0.2, -0.15) is 0 Å². The summed E-state index contributed by atoms with van der Waals surface area (Å²) in [7, 11) is 1.57. The highest BCUT2D eigenvalue weighted by Gasteiger charge is 2.22. The third-order valence-electron chi connectivity index (χ3n) is 3.91. The Morgan fingerprint density at radius 1 is 1.07 bits per heavy atom. The highest BCUT2D eigenvalue weighted by atomic mass is 79.9. The summed E-state index contributed by atoms with van der Waals surface area (Å²) in [5.41, 5.74) is 0.862. The highest BCUT2D eigenvalue weighted by molar-refractivity contribution is 9.10. The molecule has 0 spiro atoms. The molecule has 2 rings (SSSR count). The van der Waals surface area contributed by atoms with Crippen LogP contribution in [0.5, 0.6) is 5.75 Å². The van der Waals surface area contributed by atoms with Gasteiger partial charge in [-0.1, -0.05) is 40.2 Å². The van der Waals surface area contributed by atoms with Crippen LogP contribution in [0, 0.1) is 0 Å². The van der Waals surface area contributed by atoms with Crippen molar-refractivity contribution in [1.82, 2.24) is 4.90 Å². The van der Waals surface area contributed by atoms with E-state index in [-0.39, 0.29) is 18.9 Å². The van der Waals surface area contributed by atoms with Gasteiger partial charge in [0.15, 0.2) is 0 Å². The average Bonchev–Trinajstić information content (AvgIpc) is 2.62. The largest absolute Gasteiger partial charge is 0.444 e. The van der Waals surface area contributed by atoms with E-state index in [1.54, 1.807) is 52.1 Å². The third-order valence-corrected chi connectivity index (χ3v) is 4.44. The summed E-state index contributed by atoms with van der Waals surface area (Å²) in [4.78, 5) is 25.4. The van der Waals surface area contributed by atoms with E-state index < -0.39 is 17.8 Å². The fourth-order valence-electron chi connectivity index (χ4n) is 2.47. The molecule has 0 bridgehead atoms. The maximum atomic E-state index is 12.1. The predicted molar refractivity (Wildman–Crippen MR) is 114 cm³/mol. The van der Waals surface area contributed by atoms with Crippen molar-refractivity contribution in [1.29, 1.82) is 0 Å². The molecule has 29 heavy (non-hydrogen) atoms. The Kier molecular flexibility index (Phi) is 7.81. The van der Waals surface area contributed by atoms with Crippen molar-refractivity contribution in [2.45, 2.75) is 38.9 Å². The van der Waals surface area contributed by atoms with Crippen molar-refractivity contribution < 1.29 is 24.2 Å². The number of hydrogen-bond donors (Lipinski definition) is 1. The first kappa shape index (κ1) is 22.9. The molecule has 1 atom stereocenters. The van der Waals surface area contributed by atoms with Crippen molar-refractivity contribution >= 4 is 28.0 Å². The fourth-order valence-corrected chi connectivity index (χ4v) is 2.74. The van der Waals surface area contributed by atoms with Crippen LogP contribution in [0.15, 0.2) is 53.0 Å². The van der Waals surface area contributed by atoms with Crippen molar-refractivity contribution in [2.75, 3.05) is 13.6 Å². The zero-order valence-corrected chi connectivity index (χ0v) is 18.6. The monoisotopic (exact) mass is 463 g/mol. The van der Waals surface area contributed by atoms with E-state index in [1.165, 1.54) is 4.90 Å². The van der Waals surface area contributed by atoms with Gasteiger partial charge in [0, 0.05) is 11.5 Å². The van der Waals surface area contributed by atoms with Crippen LogP contribution in [-0.2, 0) is 16.0 Å². The van der Waals surface area contributed by atoms with Crippen LogP contribution in [0.4, 0.5) is 4.79 Å². The van der Waals surface area contributed by atoms with E-state index in [2.05, 4.69) is 15.9 Å². The summed E-state index contributed by atoms with van der Waals surface area (Å²) in [6, 6.07) is 14.0. The molecule has 0 aliphatic carbocycles. The Morgan fingerprint density at radius 3 is 2.21 bits per heavy atom. The average molecular weight is 464 g/mol. The van der Waals surface area contributed by atoms with E-state index in [1.807, 2.05) is 24.3 Å². The van der Waals surface area contributed by atoms with Gasteiger partial charge in [0.25, 0.3) is 0 Å². The summed E-state index contributed by atoms with van der Waals surface area (Å²) in [5.74, 6) is 0.0221. The quantitative estimate of drug-likeness (QED) is 0.504. The molecule has 6 nitrogen and oxygen atoms in total. The molecule has 0 fully saturated rings. The lowest BCUT2D eigenvalue weighted by molar-refractivity contribution is -0.133. The maximum Gasteiger partial charge on any atom is 0.410 e. The number of hydrogen-bond acceptors (Lipinski definition) is 5. The molecular weight excluding hydrogens is 438 g/mol. The number of benzene rings is 2. The van der Waals surface area contributed by atoms with E-state index in [4.69, 9.17) is 9.47 Å². The number of esters is 1. The summed E-state index contributed by atoms with van der Waals surface area (Å²) < 4.78 is 11.6. The topological polar surface area (TPSA) is 76.1 Å². The van der Waals surface area contributed by atoms with Gasteiger partial charge in [0.2, 0.25) is 0 Å². The van der Waals surface area contributed by atoms with Crippen molar-refractivity contribution in [3.8, 4) is 5.75 Å². The van der Waals surface area contributed by atoms with Gasteiger partial charge in [0.05, 0.1) is 19.1 Å². The van der Waals surface area contributed by atoms with E-state index >= 15 is 0 Å². The molecule has 0 heterocycles. The molecular formula is C22H26BrNO5. The lowest BCUT2D eigenvalue weighted by atomic mass is 10.1. The molecule has 0 radical (unpaired) electrons. The minimum absolute atomic E-state index is 0.0810. The van der Waals surface area contributed by atoms with E-state index in [9.17, 15) is 14.7 Å². The first-order valence-electron chi connectivity index (χ1n) is 9.21. The zero-order chi connectivity index (χ0) is 21.6. The molecule has 0 saturated heterocycles. The Bertz CT molecular complexity index is 828. The molecule has 0 aromatic heterocycles. The predicted octanol–water partition coefficient (Wildman–Crippen LogP) is 4.50. The molecule has 156 valence electrons. The number of aliphatic hydroxyl groups is 1. The van der Waals surface area contributed by atoms with Gasteiger partial charge in [-0.25, -0.2) is 4.79 Å². The Labute approximate surface area is 179 Å². The molecule has 1 N–H and O–H groups in total. The second kappa shape index (κ2) is 9.89. The molecule has 2 aromatic carbocycles. The highest BCUT2D eigenvalue weighted by Crippen LogP contribution is 2.20. The Balaban J connectivity index is 1.89. The van der Waals surface area contributed by atoms with Crippen LogP contribution in [-0.4, -0.2) is 41.3 Å². The molecule has 2 aromatic rings. The Hall–Kier alpha value is -2.38. The number of nitrogens with zero attached hydrogens (tertiary/aromatic N) is 1. The lowest BCUT2D eigenvalue weighted by Crippen LogP contribution is -2.36. The third kappa shape index (κ3) is 7.87. The summed E-state index contributed by atoms with van der Waals surface area (Å²) in [6.45, 7) is 5.43. The number of carbonyl (C=O) groups is 2. The number of amides is 1. The number of rotatable bonds is 6. The summed E-state index contributed by atoms with van der Waals surface area (Å²) in [5, 5.41) is 10.4. The molecule has 1 amide bonds. The summed E-state index contributed by atoms with van der Waals surface area (Å²) >= 11 is 3.35. The molecule has 0 aliphatic heterocycles. The number of carbonyl (C=O) groups excluding carboxylic acids is 2. The standard InChI is InChI=1S/C22H26BrNO5/c1-22(2,3)29-21(27)24(4)14-19(25)16-7-11-18(12-8-16)28-20(26)13-15-5-9-17(23)10-6-15/h5-12,19,25H,13-14H2,1-4H3. The number of likely N-dealkylation sites (N-methyl/N-ethyl adjacent to an activating group) is 1. The van der Waals surface area contributed by atoms with Crippen LogP contribution in [0.2, 0.25) is 0 Å². The first-order valence-corrected chi connectivity index (χ1v) is 10.00. The second-order valence-corrected chi connectivity index (χ2v) is 8.64. The zero-order valence-electron chi connectivity index (χ0n) is 17.0.